The predicted molar refractivity (Wildman–Crippen MR) is 78.8 cm³/mol. The van der Waals surface area contributed by atoms with Crippen molar-refractivity contribution in [2.75, 3.05) is 5.32 Å². The van der Waals surface area contributed by atoms with E-state index in [0.717, 1.165) is 0 Å². The Hall–Kier alpha value is -2.61. The molecular formula is C14H11FN4O2S. The highest BCUT2D eigenvalue weighted by Crippen LogP contribution is 2.23. The van der Waals surface area contributed by atoms with Crippen molar-refractivity contribution >= 4 is 22.4 Å². The lowest BCUT2D eigenvalue weighted by Crippen LogP contribution is -2.12. The van der Waals surface area contributed by atoms with E-state index in [-0.39, 0.29) is 18.1 Å². The number of aryl methyl sites for hydroxylation is 1. The summed E-state index contributed by atoms with van der Waals surface area (Å²) in [5.74, 6) is 0.143. The van der Waals surface area contributed by atoms with E-state index >= 15 is 0 Å². The topological polar surface area (TPSA) is 80.9 Å². The van der Waals surface area contributed by atoms with Gasteiger partial charge in [-0.2, -0.15) is 0 Å². The number of nitrogens with one attached hydrogen (secondary N) is 1. The van der Waals surface area contributed by atoms with Gasteiger partial charge in [0, 0.05) is 12.8 Å². The van der Waals surface area contributed by atoms with E-state index in [2.05, 4.69) is 20.5 Å². The highest BCUT2D eigenvalue weighted by molar-refractivity contribution is 7.13. The van der Waals surface area contributed by atoms with Crippen LogP contribution in [-0.4, -0.2) is 21.1 Å². The fourth-order valence-electron chi connectivity index (χ4n) is 1.84. The zero-order valence-corrected chi connectivity index (χ0v) is 12.1. The van der Waals surface area contributed by atoms with Gasteiger partial charge in [-0.05, 0) is 12.1 Å². The Morgan fingerprint density at radius 2 is 2.23 bits per heavy atom. The molecule has 0 atom stereocenters. The van der Waals surface area contributed by atoms with Gasteiger partial charge in [-0.3, -0.25) is 4.79 Å². The highest BCUT2D eigenvalue weighted by atomic mass is 32.1. The van der Waals surface area contributed by atoms with Crippen molar-refractivity contribution < 1.29 is 13.6 Å². The predicted octanol–water partition coefficient (Wildman–Crippen LogP) is 2.90. The van der Waals surface area contributed by atoms with E-state index in [0.29, 0.717) is 28.8 Å². The molecule has 0 fully saturated rings. The third-order valence-corrected chi connectivity index (χ3v) is 3.47. The molecule has 0 aliphatic rings. The summed E-state index contributed by atoms with van der Waals surface area (Å²) in [5.41, 5.74) is 1.88. The third kappa shape index (κ3) is 3.34. The first kappa shape index (κ1) is 14.3. The molecule has 0 radical (unpaired) electrons. The molecule has 1 N–H and O–H groups in total. The highest BCUT2D eigenvalue weighted by Gasteiger charge is 2.12. The van der Waals surface area contributed by atoms with Crippen molar-refractivity contribution in [3.63, 3.8) is 0 Å². The fraction of sp³-hybridized carbons (Fsp3) is 0.143. The molecule has 0 aliphatic heterocycles. The number of hydrogen-bond donors (Lipinski definition) is 1. The molecule has 8 heteroatoms. The number of nitrogens with zero attached hydrogens (tertiary/aromatic N) is 3. The second kappa shape index (κ2) is 6.44. The summed E-state index contributed by atoms with van der Waals surface area (Å²) in [6, 6.07) is 6.29. The summed E-state index contributed by atoms with van der Waals surface area (Å²) in [5, 5.41) is 10.4. The zero-order valence-electron chi connectivity index (χ0n) is 11.3. The van der Waals surface area contributed by atoms with Crippen molar-refractivity contribution in [1.29, 1.82) is 0 Å². The molecule has 2 aromatic heterocycles. The van der Waals surface area contributed by atoms with Gasteiger partial charge in [0.05, 0.1) is 11.8 Å². The normalized spacial score (nSPS) is 10.6. The molecule has 0 spiro atoms. The molecule has 3 aromatic rings. The van der Waals surface area contributed by atoms with Gasteiger partial charge in [0.1, 0.15) is 11.3 Å². The smallest absolute Gasteiger partial charge is 0.226 e. The van der Waals surface area contributed by atoms with E-state index in [1.807, 2.05) is 0 Å². The summed E-state index contributed by atoms with van der Waals surface area (Å²) < 4.78 is 19.1. The second-order valence-corrected chi connectivity index (χ2v) is 5.22. The Morgan fingerprint density at radius 1 is 1.36 bits per heavy atom. The number of halogens is 1. The molecule has 1 amide bonds. The van der Waals surface area contributed by atoms with Crippen LogP contribution in [0, 0.1) is 5.82 Å². The maximum atomic E-state index is 13.6. The number of carbonyl (C=O) groups is 1. The first-order valence-electron chi connectivity index (χ1n) is 6.48. The van der Waals surface area contributed by atoms with Crippen molar-refractivity contribution in [3.05, 3.63) is 47.7 Å². The summed E-state index contributed by atoms with van der Waals surface area (Å²) in [6.45, 7) is 0. The SMILES string of the molecule is O=C(CCc1ncc(-c2ccccc2F)o1)Nc1nncs1. The average molecular weight is 318 g/mol. The first-order chi connectivity index (χ1) is 10.7. The minimum atomic E-state index is -0.376. The molecule has 2 heterocycles. The number of aromatic nitrogens is 3. The van der Waals surface area contributed by atoms with E-state index in [1.165, 1.54) is 29.1 Å². The van der Waals surface area contributed by atoms with Gasteiger partial charge in [0.25, 0.3) is 0 Å². The van der Waals surface area contributed by atoms with Crippen molar-refractivity contribution in [3.8, 4) is 11.3 Å². The van der Waals surface area contributed by atoms with E-state index < -0.39 is 0 Å². The number of anilines is 1. The fourth-order valence-corrected chi connectivity index (χ4v) is 2.30. The maximum Gasteiger partial charge on any atom is 0.226 e. The molecule has 0 aliphatic carbocycles. The number of benzene rings is 1. The Bertz CT molecular complexity index is 773. The Kier molecular flexibility index (Phi) is 4.19. The van der Waals surface area contributed by atoms with Crippen molar-refractivity contribution in [2.45, 2.75) is 12.8 Å². The van der Waals surface area contributed by atoms with E-state index in [4.69, 9.17) is 4.42 Å². The van der Waals surface area contributed by atoms with Crippen LogP contribution in [0.1, 0.15) is 12.3 Å². The first-order valence-corrected chi connectivity index (χ1v) is 7.36. The monoisotopic (exact) mass is 318 g/mol. The van der Waals surface area contributed by atoms with E-state index in [9.17, 15) is 9.18 Å². The van der Waals surface area contributed by atoms with Crippen LogP contribution in [0.25, 0.3) is 11.3 Å². The standard InChI is InChI=1S/C14H11FN4O2S/c15-10-4-2-1-3-9(10)11-7-16-13(21-11)6-5-12(20)18-14-19-17-8-22-14/h1-4,7-8H,5-6H2,(H,18,19,20). The molecule has 112 valence electrons. The van der Waals surface area contributed by atoms with Crippen LogP contribution >= 0.6 is 11.3 Å². The number of amides is 1. The van der Waals surface area contributed by atoms with Crippen LogP contribution in [0.2, 0.25) is 0 Å². The molecule has 0 bridgehead atoms. The van der Waals surface area contributed by atoms with E-state index in [1.54, 1.807) is 18.2 Å². The Labute approximate surface area is 129 Å². The number of rotatable bonds is 5. The second-order valence-electron chi connectivity index (χ2n) is 4.39. The van der Waals surface area contributed by atoms with Crippen LogP contribution in [0.15, 0.2) is 40.4 Å². The van der Waals surface area contributed by atoms with Crippen LogP contribution in [-0.2, 0) is 11.2 Å². The van der Waals surface area contributed by atoms with Crippen molar-refractivity contribution in [2.24, 2.45) is 0 Å². The average Bonchev–Trinajstić information content (AvgIpc) is 3.17. The number of carbonyl (C=O) groups excluding carboxylic acids is 1. The molecule has 22 heavy (non-hydrogen) atoms. The van der Waals surface area contributed by atoms with Gasteiger partial charge in [0.2, 0.25) is 11.0 Å². The molecule has 1 aromatic carbocycles. The molecule has 0 saturated carbocycles. The van der Waals surface area contributed by atoms with Gasteiger partial charge in [-0.1, -0.05) is 23.5 Å². The molecular weight excluding hydrogens is 307 g/mol. The minimum Gasteiger partial charge on any atom is -0.441 e. The zero-order chi connectivity index (χ0) is 15.4. The number of hydrogen-bond acceptors (Lipinski definition) is 6. The van der Waals surface area contributed by atoms with Gasteiger partial charge in [0.15, 0.2) is 11.7 Å². The van der Waals surface area contributed by atoms with Crippen LogP contribution in [0.4, 0.5) is 9.52 Å². The lowest BCUT2D eigenvalue weighted by atomic mass is 10.2. The summed E-state index contributed by atoms with van der Waals surface area (Å²) >= 11 is 1.24. The molecule has 0 saturated heterocycles. The molecule has 0 unspecified atom stereocenters. The quantitative estimate of drug-likeness (QED) is 0.782. The van der Waals surface area contributed by atoms with Gasteiger partial charge in [-0.15, -0.1) is 10.2 Å². The lowest BCUT2D eigenvalue weighted by Gasteiger charge is -1.99. The third-order valence-electron chi connectivity index (χ3n) is 2.87. The Balaban J connectivity index is 1.60. The van der Waals surface area contributed by atoms with Crippen LogP contribution in [0.5, 0.6) is 0 Å². The number of oxazole rings is 1. The van der Waals surface area contributed by atoms with Gasteiger partial charge < -0.3 is 9.73 Å². The lowest BCUT2D eigenvalue weighted by molar-refractivity contribution is -0.116. The summed E-state index contributed by atoms with van der Waals surface area (Å²) in [4.78, 5) is 15.8. The largest absolute Gasteiger partial charge is 0.441 e. The van der Waals surface area contributed by atoms with Crippen LogP contribution < -0.4 is 5.32 Å². The maximum absolute atomic E-state index is 13.6. The molecule has 3 rings (SSSR count). The Morgan fingerprint density at radius 3 is 3.00 bits per heavy atom. The van der Waals surface area contributed by atoms with Gasteiger partial charge in [-0.25, -0.2) is 9.37 Å². The van der Waals surface area contributed by atoms with Gasteiger partial charge >= 0.3 is 0 Å². The van der Waals surface area contributed by atoms with Crippen molar-refractivity contribution in [1.82, 2.24) is 15.2 Å². The minimum absolute atomic E-state index is 0.191. The summed E-state index contributed by atoms with van der Waals surface area (Å²) in [7, 11) is 0. The van der Waals surface area contributed by atoms with Crippen LogP contribution in [0.3, 0.4) is 0 Å². The molecule has 6 nitrogen and oxygen atoms in total. The summed E-state index contributed by atoms with van der Waals surface area (Å²) in [6.07, 6.45) is 1.96.